The molecule has 564 valence electrons. The molecule has 0 aromatic heterocycles. The number of amides is 5. The first-order valence-electron chi connectivity index (χ1n) is 35.6. The number of carbonyl (C=O) groups is 13. The number of rotatable bonds is 28. The number of phenolic OH excluding ortho intramolecular Hbond substituents is 2. The normalized spacial score (nSPS) is 19.5. The topological polar surface area (TPSA) is 394 Å². The number of hydrogen-bond acceptors (Lipinski definition) is 20. The van der Waals surface area contributed by atoms with Crippen molar-refractivity contribution >= 4 is 111 Å². The number of carbonyl (C=O) groups excluding carboxylic acids is 11. The molecular weight excluding hydrogens is 1400 g/mol. The van der Waals surface area contributed by atoms with E-state index < -0.39 is 169 Å². The molecule has 4 aromatic rings. The van der Waals surface area contributed by atoms with Gasteiger partial charge in [-0.25, -0.2) is 0 Å². The lowest BCUT2D eigenvalue weighted by molar-refractivity contribution is -0.143. The maximum absolute atomic E-state index is 14.9. The second kappa shape index (κ2) is 38.8. The Morgan fingerprint density at radius 2 is 1.45 bits per heavy atom. The first kappa shape index (κ1) is 81.6. The van der Waals surface area contributed by atoms with Crippen molar-refractivity contribution in [3.05, 3.63) is 136 Å². The summed E-state index contributed by atoms with van der Waals surface area (Å²) in [7, 11) is 0. The van der Waals surface area contributed by atoms with Crippen LogP contribution in [0.3, 0.4) is 0 Å². The summed E-state index contributed by atoms with van der Waals surface area (Å²) in [5.41, 5.74) is 3.57. The average molecular weight is 1490 g/mol. The van der Waals surface area contributed by atoms with E-state index >= 15 is 0 Å². The number of aromatic hydroxyl groups is 2. The molecule has 1 aliphatic carbocycles. The van der Waals surface area contributed by atoms with Crippen LogP contribution in [-0.2, 0) is 75.5 Å². The van der Waals surface area contributed by atoms with Gasteiger partial charge >= 0.3 is 11.9 Å². The Kier molecular flexibility index (Phi) is 29.9. The van der Waals surface area contributed by atoms with Gasteiger partial charge < -0.3 is 55.7 Å². The number of benzene rings is 5. The summed E-state index contributed by atoms with van der Waals surface area (Å²) in [6.07, 6.45) is -3.23. The van der Waals surface area contributed by atoms with E-state index in [-0.39, 0.29) is 103 Å². The predicted molar refractivity (Wildman–Crippen MR) is 397 cm³/mol. The van der Waals surface area contributed by atoms with E-state index in [0.29, 0.717) is 57.7 Å². The van der Waals surface area contributed by atoms with Crippen LogP contribution in [0.1, 0.15) is 145 Å². The molecule has 106 heavy (non-hydrogen) atoms. The van der Waals surface area contributed by atoms with Gasteiger partial charge in [0.1, 0.15) is 28.6 Å². The number of nitrogens with zero attached hydrogens (tertiary/aromatic N) is 1. The van der Waals surface area contributed by atoms with Crippen LogP contribution < -0.4 is 31.4 Å². The first-order chi connectivity index (χ1) is 50.6. The van der Waals surface area contributed by atoms with E-state index in [4.69, 9.17) is 9.15 Å². The lowest BCUT2D eigenvalue weighted by Gasteiger charge is -2.30. The lowest BCUT2D eigenvalue weighted by atomic mass is 9.84. The number of ketones is 5. The quantitative estimate of drug-likeness (QED) is 0.0129. The predicted octanol–water partition coefficient (Wildman–Crippen LogP) is 9.21. The van der Waals surface area contributed by atoms with Crippen molar-refractivity contribution in [2.75, 3.05) is 24.6 Å². The van der Waals surface area contributed by atoms with Crippen molar-refractivity contribution in [3.8, 4) is 39.7 Å². The third kappa shape index (κ3) is 23.2. The molecule has 0 radical (unpaired) electrons. The Labute approximate surface area is 621 Å². The van der Waals surface area contributed by atoms with Crippen LogP contribution in [0, 0.1) is 35.5 Å². The molecule has 8 N–H and O–H groups in total. The van der Waals surface area contributed by atoms with E-state index in [1.54, 1.807) is 32.0 Å². The molecule has 2 bridgehead atoms. The first-order valence-corrected chi connectivity index (χ1v) is 37.9. The molecule has 3 aliphatic heterocycles. The van der Waals surface area contributed by atoms with Crippen LogP contribution in [0.25, 0.3) is 33.4 Å². The van der Waals surface area contributed by atoms with Crippen LogP contribution in [0.5, 0.6) is 17.2 Å². The number of ether oxygens (including phenoxy) is 1. The van der Waals surface area contributed by atoms with Crippen molar-refractivity contribution in [2.45, 2.75) is 160 Å². The number of carboxylic acids is 2. The number of carboxylic acid groups (broad SMARTS) is 2. The highest BCUT2D eigenvalue weighted by Crippen LogP contribution is 2.44. The monoisotopic (exact) mass is 1490 g/mol. The van der Waals surface area contributed by atoms with Crippen LogP contribution in [0.15, 0.2) is 112 Å². The molecule has 25 nitrogen and oxygen atoms in total. The third-order valence-electron chi connectivity index (χ3n) is 19.2. The number of aliphatic carboxylic acids is 2. The summed E-state index contributed by atoms with van der Waals surface area (Å²) in [5.74, 6) is -12.9. The summed E-state index contributed by atoms with van der Waals surface area (Å²) >= 11 is 2.85. The maximum atomic E-state index is 14.9. The Bertz CT molecular complexity index is 4270. The molecule has 4 aliphatic rings. The van der Waals surface area contributed by atoms with Gasteiger partial charge in [0.25, 0.3) is 6.47 Å². The number of hydrogen-bond donors (Lipinski definition) is 8. The van der Waals surface area contributed by atoms with Crippen LogP contribution in [0.2, 0.25) is 0 Å². The van der Waals surface area contributed by atoms with Gasteiger partial charge in [0, 0.05) is 138 Å². The number of phenols is 2. The van der Waals surface area contributed by atoms with Crippen molar-refractivity contribution in [1.29, 1.82) is 0 Å². The van der Waals surface area contributed by atoms with Gasteiger partial charge in [-0.15, -0.1) is 0 Å². The van der Waals surface area contributed by atoms with Gasteiger partial charge in [0.2, 0.25) is 29.5 Å². The van der Waals surface area contributed by atoms with Gasteiger partial charge in [-0.2, -0.15) is 23.5 Å². The average Bonchev–Trinajstić information content (AvgIpc) is 0.934. The smallest absolute Gasteiger partial charge is 0.304 e. The van der Waals surface area contributed by atoms with Gasteiger partial charge in [0.05, 0.1) is 37.0 Å². The molecule has 5 amide bonds. The van der Waals surface area contributed by atoms with Crippen molar-refractivity contribution in [2.24, 2.45) is 35.5 Å². The highest BCUT2D eigenvalue weighted by atomic mass is 32.2. The fourth-order valence-electron chi connectivity index (χ4n) is 13.4. The largest absolute Gasteiger partial charge is 0.508 e. The minimum Gasteiger partial charge on any atom is -0.508 e. The fourth-order valence-corrected chi connectivity index (χ4v) is 15.4. The second-order valence-electron chi connectivity index (χ2n) is 27.9. The molecule has 8 rings (SSSR count). The third-order valence-corrected chi connectivity index (χ3v) is 21.6. The van der Waals surface area contributed by atoms with Crippen LogP contribution >= 0.6 is 23.5 Å². The lowest BCUT2D eigenvalue weighted by Crippen LogP contribution is -2.50. The molecule has 1 saturated heterocycles. The molecule has 3 heterocycles. The highest BCUT2D eigenvalue weighted by molar-refractivity contribution is 7.98. The molecule has 9 atom stereocenters. The molecule has 0 saturated carbocycles. The minimum atomic E-state index is -1.34. The number of thioether (sulfide) groups is 2. The van der Waals surface area contributed by atoms with Gasteiger partial charge in [-0.3, -0.25) is 67.1 Å². The molecular formula is C79H91N5O20S2. The molecule has 1 fully saturated rings. The number of Topliss-reactive ketones (excluding diaryl/α,β-unsaturated/α-hetero) is 5. The van der Waals surface area contributed by atoms with E-state index in [1.807, 2.05) is 45.0 Å². The van der Waals surface area contributed by atoms with E-state index in [1.165, 1.54) is 89.1 Å². The maximum Gasteiger partial charge on any atom is 0.304 e. The molecule has 3 unspecified atom stereocenters. The van der Waals surface area contributed by atoms with Gasteiger partial charge in [0.15, 0.2) is 34.3 Å². The zero-order valence-corrected chi connectivity index (χ0v) is 61.5. The summed E-state index contributed by atoms with van der Waals surface area (Å²) in [6, 6.07) is 22.5. The second-order valence-corrected chi connectivity index (χ2v) is 29.9. The van der Waals surface area contributed by atoms with Crippen molar-refractivity contribution in [1.82, 2.24) is 26.2 Å². The summed E-state index contributed by atoms with van der Waals surface area (Å²) in [5, 5.41) is 51.7. The SMILES string of the molecule is CC[C@H](C)C1CC(=O)[C@@H](NC(=O)C(CCC(=O)O)CC(=O)C2CCCN2C(=O)[C@@H](CC(=O)CNC(=O)CCC(=O)c2ccc(-c3c4ccc(=O)cc-4oc4cc(O)ccc34)c(OC=O)c2)Cc2ccc(O)cc2)CSCc2cccc(c2)CSC[C@@H](C)NC(=O)[C@H](CC(=O)O)CC(=O)[C@H](CC(C)C)NC1=O. The number of likely N-dealkylation sites (tertiary alicyclic amines) is 1. The van der Waals surface area contributed by atoms with E-state index in [0.717, 1.165) is 11.1 Å². The van der Waals surface area contributed by atoms with Crippen molar-refractivity contribution in [3.63, 3.8) is 0 Å². The Morgan fingerprint density at radius 1 is 0.745 bits per heavy atom. The van der Waals surface area contributed by atoms with Crippen molar-refractivity contribution < 1.29 is 91.9 Å². The van der Waals surface area contributed by atoms with Crippen LogP contribution in [-0.4, -0.2) is 151 Å². The minimum absolute atomic E-state index is 0.0205. The Hall–Kier alpha value is -10.0. The zero-order valence-electron chi connectivity index (χ0n) is 59.9. The van der Waals surface area contributed by atoms with Crippen LogP contribution in [0.4, 0.5) is 0 Å². The van der Waals surface area contributed by atoms with E-state index in [2.05, 4.69) is 21.3 Å². The summed E-state index contributed by atoms with van der Waals surface area (Å²) < 4.78 is 11.3. The fraction of sp³-hybridized carbons (Fsp3) is 0.443. The summed E-state index contributed by atoms with van der Waals surface area (Å²) in [6.45, 7) is 8.72. The number of fused-ring (bicyclic) bond motifs is 4. The van der Waals surface area contributed by atoms with E-state index in [9.17, 15) is 87.5 Å². The summed E-state index contributed by atoms with van der Waals surface area (Å²) in [4.78, 5) is 193. The number of nitrogens with one attached hydrogen (secondary N) is 4. The molecule has 27 heteroatoms. The van der Waals surface area contributed by atoms with Gasteiger partial charge in [-0.05, 0) is 116 Å². The highest BCUT2D eigenvalue weighted by Gasteiger charge is 2.41. The molecule has 0 spiro atoms. The molecule has 4 aromatic carbocycles. The zero-order chi connectivity index (χ0) is 76.9. The standard InChI is InChI=1S/C79H91N5O20S2/c1-6-45(4)61-37-67(92)63(42-106-41-49-10-7-9-48(28-49)40-105-39-46(5)81-77(100)52(34-74(97)98)32-66(91)62(27-44(2)3)82-78(61)101)83-76(99)51(15-25-73(95)96)31-68(93)64-11-8-26-84(64)79(102)53(29-47-12-16-54(86)17-13-47)30-57(89)38-80-72(94)24-23-65(90)50-14-20-58(69(33-50)103-43-85)75-59-21-18-55(87)35-70(59)104-71-36-56(88)19-22-60(71)75/h7,9-10,12-14,16-22,28,33,35-36,43-46,51-53,61-64,86-87H,6,8,11,15,23-27,29-32,34,37-42H2,1-5H3,(H,80,94)(H,81,100)(H,82,101)(H,83,99)(H,95,96)(H,97,98)/t45-,46+,51?,52-,53+,61?,62-,63-,64?/m0/s1. The Morgan fingerprint density at radius 3 is 2.14 bits per heavy atom. The Balaban J connectivity index is 0.965. The van der Waals surface area contributed by atoms with Gasteiger partial charge in [-0.1, -0.05) is 76.6 Å².